The lowest BCUT2D eigenvalue weighted by Gasteiger charge is -2.29. The molecule has 0 atom stereocenters. The van der Waals surface area contributed by atoms with Crippen LogP contribution in [0.25, 0.3) is 0 Å². The predicted molar refractivity (Wildman–Crippen MR) is 119 cm³/mol. The molecule has 3 N–H and O–H groups in total. The number of carbonyl (C=O) groups is 1. The number of nitrogens with one attached hydrogen (secondary N) is 3. The van der Waals surface area contributed by atoms with Crippen LogP contribution in [0.1, 0.15) is 31.2 Å². The van der Waals surface area contributed by atoms with Crippen molar-refractivity contribution in [1.29, 1.82) is 0 Å². The summed E-state index contributed by atoms with van der Waals surface area (Å²) in [6.45, 7) is 2.59. The molecule has 1 aliphatic rings. The molecule has 0 unspecified atom stereocenters. The van der Waals surface area contributed by atoms with Crippen molar-refractivity contribution in [3.05, 3.63) is 41.0 Å². The zero-order valence-corrected chi connectivity index (χ0v) is 18.0. The highest BCUT2D eigenvalue weighted by Crippen LogP contribution is 2.27. The fourth-order valence-electron chi connectivity index (χ4n) is 3.55. The van der Waals surface area contributed by atoms with Crippen LogP contribution < -0.4 is 20.9 Å². The first kappa shape index (κ1) is 21.2. The molecule has 2 aromatic rings. The van der Waals surface area contributed by atoms with Crippen LogP contribution >= 0.6 is 11.6 Å². The first-order valence-electron chi connectivity index (χ1n) is 9.99. The average Bonchev–Trinajstić information content (AvgIpc) is 2.70. The van der Waals surface area contributed by atoms with Gasteiger partial charge in [-0.1, -0.05) is 23.7 Å². The average molecular weight is 417 g/mol. The van der Waals surface area contributed by atoms with Gasteiger partial charge in [-0.15, -0.1) is 0 Å². The van der Waals surface area contributed by atoms with Crippen molar-refractivity contribution in [2.45, 2.75) is 38.6 Å². The number of benzene rings is 1. The topological polar surface area (TPSA) is 82.2 Å². The molecule has 0 spiro atoms. The number of para-hydroxylation sites is 1. The molecule has 1 aromatic carbocycles. The van der Waals surface area contributed by atoms with Crippen LogP contribution in [-0.2, 0) is 0 Å². The van der Waals surface area contributed by atoms with E-state index in [4.69, 9.17) is 11.6 Å². The zero-order valence-electron chi connectivity index (χ0n) is 17.2. The summed E-state index contributed by atoms with van der Waals surface area (Å²) in [7, 11) is 3.93. The Morgan fingerprint density at radius 1 is 1.21 bits per heavy atom. The SMILES string of the molecule is Cc1cccc(Cl)c1NC(=O)NCC1CCC(Nc2nccc(N(C)C)n2)CC1. The van der Waals surface area contributed by atoms with Crippen molar-refractivity contribution in [1.82, 2.24) is 15.3 Å². The van der Waals surface area contributed by atoms with Gasteiger partial charge in [0.15, 0.2) is 0 Å². The maximum atomic E-state index is 12.2. The fourth-order valence-corrected chi connectivity index (χ4v) is 3.82. The Labute approximate surface area is 177 Å². The van der Waals surface area contributed by atoms with Crippen LogP contribution in [0.3, 0.4) is 0 Å². The molecule has 8 heteroatoms. The molecule has 1 aromatic heterocycles. The highest BCUT2D eigenvalue weighted by molar-refractivity contribution is 6.33. The van der Waals surface area contributed by atoms with Gasteiger partial charge in [-0.05, 0) is 56.2 Å². The molecule has 1 heterocycles. The van der Waals surface area contributed by atoms with Gasteiger partial charge in [-0.25, -0.2) is 9.78 Å². The summed E-state index contributed by atoms with van der Waals surface area (Å²) in [5.41, 5.74) is 1.61. The van der Waals surface area contributed by atoms with Crippen molar-refractivity contribution in [2.75, 3.05) is 36.2 Å². The molecule has 156 valence electrons. The van der Waals surface area contributed by atoms with Gasteiger partial charge >= 0.3 is 6.03 Å². The first-order valence-corrected chi connectivity index (χ1v) is 10.4. The number of halogens is 1. The number of hydrogen-bond acceptors (Lipinski definition) is 5. The lowest BCUT2D eigenvalue weighted by atomic mass is 9.86. The summed E-state index contributed by atoms with van der Waals surface area (Å²) in [5.74, 6) is 2.03. The van der Waals surface area contributed by atoms with Gasteiger partial charge in [0.05, 0.1) is 10.7 Å². The molecule has 1 saturated carbocycles. The standard InChI is InChI=1S/C21H29ClN6O/c1-14-5-4-6-17(22)19(14)27-21(29)24-13-15-7-9-16(10-8-15)25-20-23-12-11-18(26-20)28(2)3/h4-6,11-12,15-16H,7-10,13H2,1-3H3,(H,23,25,26)(H2,24,27,29). The minimum atomic E-state index is -0.213. The lowest BCUT2D eigenvalue weighted by Crippen LogP contribution is -2.36. The molecule has 0 aliphatic heterocycles. The van der Waals surface area contributed by atoms with Gasteiger partial charge in [0, 0.05) is 32.9 Å². The lowest BCUT2D eigenvalue weighted by molar-refractivity contribution is 0.246. The van der Waals surface area contributed by atoms with Crippen LogP contribution in [0.4, 0.5) is 22.2 Å². The van der Waals surface area contributed by atoms with E-state index in [0.717, 1.165) is 37.1 Å². The number of amides is 2. The Morgan fingerprint density at radius 2 is 1.97 bits per heavy atom. The van der Waals surface area contributed by atoms with Gasteiger partial charge in [0.25, 0.3) is 0 Å². The van der Waals surface area contributed by atoms with Crippen molar-refractivity contribution in [2.24, 2.45) is 5.92 Å². The highest BCUT2D eigenvalue weighted by atomic mass is 35.5. The molecule has 3 rings (SSSR count). The molecule has 0 radical (unpaired) electrons. The van der Waals surface area contributed by atoms with E-state index in [1.807, 2.05) is 44.1 Å². The van der Waals surface area contributed by atoms with Crippen LogP contribution in [0.5, 0.6) is 0 Å². The summed E-state index contributed by atoms with van der Waals surface area (Å²) in [6.07, 6.45) is 5.95. The maximum Gasteiger partial charge on any atom is 0.319 e. The predicted octanol–water partition coefficient (Wildman–Crippen LogP) is 4.30. The van der Waals surface area contributed by atoms with Crippen LogP contribution in [0.15, 0.2) is 30.5 Å². The van der Waals surface area contributed by atoms with Crippen molar-refractivity contribution in [3.63, 3.8) is 0 Å². The third-order valence-electron chi connectivity index (χ3n) is 5.29. The summed E-state index contributed by atoms with van der Waals surface area (Å²) >= 11 is 6.17. The maximum absolute atomic E-state index is 12.2. The number of rotatable bonds is 6. The van der Waals surface area contributed by atoms with Gasteiger partial charge in [-0.3, -0.25) is 0 Å². The third kappa shape index (κ3) is 5.97. The van der Waals surface area contributed by atoms with E-state index < -0.39 is 0 Å². The Balaban J connectivity index is 1.42. The summed E-state index contributed by atoms with van der Waals surface area (Å²) in [5, 5.41) is 9.83. The Morgan fingerprint density at radius 3 is 2.66 bits per heavy atom. The van der Waals surface area contributed by atoms with Crippen molar-refractivity contribution >= 4 is 35.1 Å². The number of carbonyl (C=O) groups excluding carboxylic acids is 1. The van der Waals surface area contributed by atoms with E-state index in [0.29, 0.717) is 35.2 Å². The normalized spacial score (nSPS) is 18.8. The minimum Gasteiger partial charge on any atom is -0.363 e. The van der Waals surface area contributed by atoms with Gasteiger partial charge < -0.3 is 20.9 Å². The van der Waals surface area contributed by atoms with Gasteiger partial charge in [-0.2, -0.15) is 4.98 Å². The second-order valence-corrected chi connectivity index (χ2v) is 8.17. The second-order valence-electron chi connectivity index (χ2n) is 7.76. The quantitative estimate of drug-likeness (QED) is 0.654. The number of urea groups is 1. The molecule has 29 heavy (non-hydrogen) atoms. The fraction of sp³-hybridized carbons (Fsp3) is 0.476. The minimum absolute atomic E-state index is 0.213. The molecule has 1 aliphatic carbocycles. The van der Waals surface area contributed by atoms with E-state index in [2.05, 4.69) is 25.9 Å². The molecule has 0 bridgehead atoms. The Kier molecular flexibility index (Phi) is 7.14. The van der Waals surface area contributed by atoms with Crippen LogP contribution in [0, 0.1) is 12.8 Å². The molecule has 7 nitrogen and oxygen atoms in total. The van der Waals surface area contributed by atoms with E-state index in [-0.39, 0.29) is 6.03 Å². The van der Waals surface area contributed by atoms with E-state index >= 15 is 0 Å². The number of anilines is 3. The number of nitrogens with zero attached hydrogens (tertiary/aromatic N) is 3. The Hall–Kier alpha value is -2.54. The molecular weight excluding hydrogens is 388 g/mol. The number of aromatic nitrogens is 2. The van der Waals surface area contributed by atoms with Crippen LogP contribution in [0.2, 0.25) is 5.02 Å². The Bertz CT molecular complexity index is 815. The number of aryl methyl sites for hydroxylation is 1. The van der Waals surface area contributed by atoms with E-state index in [9.17, 15) is 4.79 Å². The summed E-state index contributed by atoms with van der Waals surface area (Å²) in [4.78, 5) is 23.1. The number of hydrogen-bond donors (Lipinski definition) is 3. The second kappa shape index (κ2) is 9.78. The van der Waals surface area contributed by atoms with Crippen molar-refractivity contribution in [3.8, 4) is 0 Å². The highest BCUT2D eigenvalue weighted by Gasteiger charge is 2.22. The summed E-state index contributed by atoms with van der Waals surface area (Å²) in [6, 6.07) is 7.61. The van der Waals surface area contributed by atoms with E-state index in [1.54, 1.807) is 12.3 Å². The zero-order chi connectivity index (χ0) is 20.8. The monoisotopic (exact) mass is 416 g/mol. The van der Waals surface area contributed by atoms with Crippen LogP contribution in [-0.4, -0.2) is 42.7 Å². The molecular formula is C21H29ClN6O. The molecule has 2 amide bonds. The van der Waals surface area contributed by atoms with E-state index in [1.165, 1.54) is 0 Å². The summed E-state index contributed by atoms with van der Waals surface area (Å²) < 4.78 is 0. The first-order chi connectivity index (χ1) is 13.9. The van der Waals surface area contributed by atoms with Gasteiger partial charge in [0.1, 0.15) is 5.82 Å². The molecule has 1 fully saturated rings. The van der Waals surface area contributed by atoms with Crippen molar-refractivity contribution < 1.29 is 4.79 Å². The third-order valence-corrected chi connectivity index (χ3v) is 5.61. The van der Waals surface area contributed by atoms with Gasteiger partial charge in [0.2, 0.25) is 5.95 Å². The largest absolute Gasteiger partial charge is 0.363 e. The molecule has 0 saturated heterocycles. The smallest absolute Gasteiger partial charge is 0.319 e.